The summed E-state index contributed by atoms with van der Waals surface area (Å²) in [5, 5.41) is 0. The molecule has 0 fully saturated rings. The van der Waals surface area contributed by atoms with Crippen LogP contribution in [0.5, 0.6) is 0 Å². The van der Waals surface area contributed by atoms with Gasteiger partial charge < -0.3 is 0 Å². The fourth-order valence-electron chi connectivity index (χ4n) is 1.12. The Morgan fingerprint density at radius 2 is 1.69 bits per heavy atom. The molecule has 0 radical (unpaired) electrons. The molecule has 0 saturated heterocycles. The van der Waals surface area contributed by atoms with Gasteiger partial charge in [-0.3, -0.25) is 0 Å². The van der Waals surface area contributed by atoms with Gasteiger partial charge in [-0.05, 0) is 12.1 Å². The fraction of sp³-hybridized carbons (Fsp3) is 0. The van der Waals surface area contributed by atoms with Gasteiger partial charge in [0.1, 0.15) is 0 Å². The highest BCUT2D eigenvalue weighted by molar-refractivity contribution is 5.42. The predicted octanol–water partition coefficient (Wildman–Crippen LogP) is 2.81. The summed E-state index contributed by atoms with van der Waals surface area (Å²) in [6, 6.07) is 18.0. The molecule has 0 N–H and O–H groups in total. The fourth-order valence-corrected chi connectivity index (χ4v) is 1.12. The van der Waals surface area contributed by atoms with Crippen molar-refractivity contribution in [3.8, 4) is 11.8 Å². The summed E-state index contributed by atoms with van der Waals surface area (Å²) in [6.07, 6.45) is 0. The Kier molecular flexibility index (Phi) is 2.20. The number of benzene rings is 1. The molecule has 0 heteroatoms. The van der Waals surface area contributed by atoms with E-state index in [1.807, 2.05) is 54.6 Å². The summed E-state index contributed by atoms with van der Waals surface area (Å²) in [5.74, 6) is 6.19. The van der Waals surface area contributed by atoms with Gasteiger partial charge in [-0.1, -0.05) is 18.2 Å². The maximum atomic E-state index is 3.10. The number of hydrogen-bond acceptors (Lipinski definition) is 0. The van der Waals surface area contributed by atoms with Crippen molar-refractivity contribution in [3.63, 3.8) is 0 Å². The van der Waals surface area contributed by atoms with Gasteiger partial charge in [0.25, 0.3) is 0 Å². The SMILES string of the molecule is C(#Cc1ccc[cH-]1)c1ccccc1. The van der Waals surface area contributed by atoms with Gasteiger partial charge in [-0.25, -0.2) is 0 Å². The van der Waals surface area contributed by atoms with Gasteiger partial charge in [-0.15, -0.1) is 17.6 Å². The summed E-state index contributed by atoms with van der Waals surface area (Å²) in [5.41, 5.74) is 2.13. The van der Waals surface area contributed by atoms with E-state index in [2.05, 4.69) is 11.8 Å². The third-order valence-corrected chi connectivity index (χ3v) is 1.79. The van der Waals surface area contributed by atoms with Crippen LogP contribution in [0, 0.1) is 11.8 Å². The van der Waals surface area contributed by atoms with Crippen LogP contribution in [0.4, 0.5) is 0 Å². The largest absolute Gasteiger partial charge is 0.187 e. The Balaban J connectivity index is 2.23. The molecule has 13 heavy (non-hydrogen) atoms. The lowest BCUT2D eigenvalue weighted by molar-refractivity contribution is 1.65. The highest BCUT2D eigenvalue weighted by atomic mass is 13.9. The molecule has 0 amide bonds. The third kappa shape index (κ3) is 2.04. The highest BCUT2D eigenvalue weighted by Crippen LogP contribution is 1.99. The Labute approximate surface area is 78.2 Å². The van der Waals surface area contributed by atoms with Gasteiger partial charge in [0, 0.05) is 5.56 Å². The number of hydrogen-bond donors (Lipinski definition) is 0. The summed E-state index contributed by atoms with van der Waals surface area (Å²) in [7, 11) is 0. The molecule has 0 nitrogen and oxygen atoms in total. The molecule has 0 aromatic heterocycles. The first-order valence-electron chi connectivity index (χ1n) is 4.24. The molecule has 0 aliphatic heterocycles. The van der Waals surface area contributed by atoms with Crippen LogP contribution in [0.1, 0.15) is 11.1 Å². The number of rotatable bonds is 0. The van der Waals surface area contributed by atoms with Crippen molar-refractivity contribution in [2.45, 2.75) is 0 Å². The van der Waals surface area contributed by atoms with E-state index in [1.54, 1.807) is 0 Å². The predicted molar refractivity (Wildman–Crippen MR) is 54.5 cm³/mol. The van der Waals surface area contributed by atoms with Crippen molar-refractivity contribution in [2.24, 2.45) is 0 Å². The van der Waals surface area contributed by atoms with Gasteiger partial charge in [0.2, 0.25) is 0 Å². The lowest BCUT2D eigenvalue weighted by Crippen LogP contribution is -1.70. The maximum absolute atomic E-state index is 3.10. The first kappa shape index (κ1) is 7.76. The van der Waals surface area contributed by atoms with Crippen LogP contribution in [-0.2, 0) is 0 Å². The molecule has 2 aromatic rings. The Morgan fingerprint density at radius 3 is 2.38 bits per heavy atom. The van der Waals surface area contributed by atoms with E-state index in [-0.39, 0.29) is 0 Å². The van der Waals surface area contributed by atoms with Crippen molar-refractivity contribution in [2.75, 3.05) is 0 Å². The second kappa shape index (κ2) is 3.69. The van der Waals surface area contributed by atoms with Crippen LogP contribution >= 0.6 is 0 Å². The van der Waals surface area contributed by atoms with E-state index in [4.69, 9.17) is 0 Å². The summed E-state index contributed by atoms with van der Waals surface area (Å²) < 4.78 is 0. The van der Waals surface area contributed by atoms with Crippen LogP contribution in [0.2, 0.25) is 0 Å². The quantitative estimate of drug-likeness (QED) is 0.416. The van der Waals surface area contributed by atoms with Crippen LogP contribution in [0.3, 0.4) is 0 Å². The van der Waals surface area contributed by atoms with Gasteiger partial charge >= 0.3 is 0 Å². The molecule has 0 bridgehead atoms. The van der Waals surface area contributed by atoms with Crippen LogP contribution in [0.15, 0.2) is 54.6 Å². The van der Waals surface area contributed by atoms with Crippen molar-refractivity contribution in [1.82, 2.24) is 0 Å². The Hall–Kier alpha value is -1.87. The minimum Gasteiger partial charge on any atom is -0.187 e. The maximum Gasteiger partial charge on any atom is 0.0140 e. The van der Waals surface area contributed by atoms with Crippen molar-refractivity contribution in [1.29, 1.82) is 0 Å². The lowest BCUT2D eigenvalue weighted by atomic mass is 10.2. The zero-order valence-corrected chi connectivity index (χ0v) is 7.20. The third-order valence-electron chi connectivity index (χ3n) is 1.79. The van der Waals surface area contributed by atoms with Crippen molar-refractivity contribution in [3.05, 3.63) is 65.7 Å². The molecule has 0 aliphatic rings. The van der Waals surface area contributed by atoms with Gasteiger partial charge in [0.05, 0.1) is 0 Å². The molecule has 0 heterocycles. The summed E-state index contributed by atoms with van der Waals surface area (Å²) >= 11 is 0. The molecule has 0 aliphatic carbocycles. The molecule has 0 saturated carbocycles. The van der Waals surface area contributed by atoms with Crippen LogP contribution < -0.4 is 0 Å². The Morgan fingerprint density at radius 1 is 0.846 bits per heavy atom. The van der Waals surface area contributed by atoms with E-state index in [9.17, 15) is 0 Å². The Bertz CT molecular complexity index is 410. The molecular formula is C13H9-. The molecule has 0 unspecified atom stereocenters. The minimum absolute atomic E-state index is 1.06. The van der Waals surface area contributed by atoms with Crippen LogP contribution in [0.25, 0.3) is 0 Å². The van der Waals surface area contributed by atoms with Crippen LogP contribution in [-0.4, -0.2) is 0 Å². The topological polar surface area (TPSA) is 0 Å². The normalized spacial score (nSPS) is 8.92. The van der Waals surface area contributed by atoms with Crippen molar-refractivity contribution < 1.29 is 0 Å². The highest BCUT2D eigenvalue weighted by Gasteiger charge is 1.78. The van der Waals surface area contributed by atoms with E-state index in [0.717, 1.165) is 11.1 Å². The first-order valence-corrected chi connectivity index (χ1v) is 4.24. The standard InChI is InChI=1S/C13H9/c1-2-6-12(7-3-1)10-11-13-8-4-5-9-13/h1-9H/q-1. The van der Waals surface area contributed by atoms with E-state index >= 15 is 0 Å². The zero-order chi connectivity index (χ0) is 8.93. The van der Waals surface area contributed by atoms with E-state index in [1.165, 1.54) is 0 Å². The molecule has 0 atom stereocenters. The molecule has 2 rings (SSSR count). The summed E-state index contributed by atoms with van der Waals surface area (Å²) in [6.45, 7) is 0. The first-order chi connectivity index (χ1) is 6.45. The molecule has 2 aromatic carbocycles. The van der Waals surface area contributed by atoms with E-state index in [0.29, 0.717) is 0 Å². The van der Waals surface area contributed by atoms with E-state index < -0.39 is 0 Å². The zero-order valence-electron chi connectivity index (χ0n) is 7.20. The monoisotopic (exact) mass is 165 g/mol. The smallest absolute Gasteiger partial charge is 0.0140 e. The average molecular weight is 165 g/mol. The van der Waals surface area contributed by atoms with Gasteiger partial charge in [0.15, 0.2) is 0 Å². The molecule has 0 spiro atoms. The van der Waals surface area contributed by atoms with Gasteiger partial charge in [-0.2, -0.15) is 24.1 Å². The molecular weight excluding hydrogens is 156 g/mol. The lowest BCUT2D eigenvalue weighted by Gasteiger charge is -1.89. The minimum atomic E-state index is 1.06. The molecule has 62 valence electrons. The summed E-state index contributed by atoms with van der Waals surface area (Å²) in [4.78, 5) is 0. The second-order valence-electron chi connectivity index (χ2n) is 2.79. The van der Waals surface area contributed by atoms with Crippen molar-refractivity contribution >= 4 is 0 Å². The average Bonchev–Trinajstić information content (AvgIpc) is 2.69. The second-order valence-corrected chi connectivity index (χ2v) is 2.79.